The first-order valence-corrected chi connectivity index (χ1v) is 11.1. The molecule has 2 aromatic rings. The summed E-state index contributed by atoms with van der Waals surface area (Å²) < 4.78 is 26.1. The molecule has 1 fully saturated rings. The van der Waals surface area contributed by atoms with Crippen molar-refractivity contribution < 1.29 is 23.5 Å². The number of anilines is 1. The van der Waals surface area contributed by atoms with Crippen molar-refractivity contribution in [2.75, 3.05) is 5.73 Å². The van der Waals surface area contributed by atoms with Crippen LogP contribution in [0.1, 0.15) is 52.0 Å². The Bertz CT molecular complexity index is 1090. The minimum atomic E-state index is -0.647. The second-order valence-electron chi connectivity index (χ2n) is 9.20. The Kier molecular flexibility index (Phi) is 7.75. The van der Waals surface area contributed by atoms with Gasteiger partial charge in [-0.3, -0.25) is 4.57 Å². The molecule has 0 atom stereocenters. The van der Waals surface area contributed by atoms with E-state index in [0.29, 0.717) is 25.7 Å². The van der Waals surface area contributed by atoms with Crippen molar-refractivity contribution in [2.45, 2.75) is 70.7 Å². The fraction of sp³-hybridized carbons (Fsp3) is 0.478. The van der Waals surface area contributed by atoms with Gasteiger partial charge in [0, 0.05) is 23.8 Å². The van der Waals surface area contributed by atoms with E-state index < -0.39 is 29.3 Å². The van der Waals surface area contributed by atoms with Crippen molar-refractivity contribution in [3.8, 4) is 5.69 Å². The van der Waals surface area contributed by atoms with Gasteiger partial charge in [0.15, 0.2) is 0 Å². The Morgan fingerprint density at radius 3 is 2.29 bits per heavy atom. The van der Waals surface area contributed by atoms with Gasteiger partial charge in [-0.15, -0.1) is 0 Å². The number of nitrogens with zero attached hydrogens (tertiary/aromatic N) is 2. The number of halogens is 1. The lowest BCUT2D eigenvalue weighted by atomic mass is 9.91. The number of benzene rings is 1. The molecule has 0 radical (unpaired) electrons. The van der Waals surface area contributed by atoms with E-state index in [0.717, 1.165) is 10.6 Å². The molecule has 0 saturated heterocycles. The first-order chi connectivity index (χ1) is 16.0. The van der Waals surface area contributed by atoms with Crippen LogP contribution in [0.3, 0.4) is 0 Å². The maximum absolute atomic E-state index is 14.5. The highest BCUT2D eigenvalue weighted by atomic mass is 19.1. The molecule has 1 aromatic heterocycles. The standard InChI is InChI=1S/C23H30FN5O5/c1-23(2,3)34-22(32)27-16-7-5-15(6-8-16)26-21(31)33-13-14-4-9-17(12-18(14)24)29-11-10-19(25)28-20(29)30/h4,9-12,15-16H,5-8,13H2,1-3H3,(H,26,31)(H,27,32)(H2,25,28,30). The van der Waals surface area contributed by atoms with Crippen LogP contribution in [-0.4, -0.2) is 39.4 Å². The third kappa shape index (κ3) is 7.19. The largest absolute Gasteiger partial charge is 0.445 e. The highest BCUT2D eigenvalue weighted by Gasteiger charge is 2.26. The number of alkyl carbamates (subject to hydrolysis) is 2. The van der Waals surface area contributed by atoms with E-state index in [1.807, 2.05) is 0 Å². The van der Waals surface area contributed by atoms with Crippen LogP contribution in [0.2, 0.25) is 0 Å². The number of rotatable bonds is 5. The first kappa shape index (κ1) is 25.0. The summed E-state index contributed by atoms with van der Waals surface area (Å²) >= 11 is 0. The number of hydrogen-bond acceptors (Lipinski definition) is 7. The van der Waals surface area contributed by atoms with Crippen molar-refractivity contribution in [3.05, 3.63) is 52.3 Å². The van der Waals surface area contributed by atoms with E-state index in [1.165, 1.54) is 24.4 Å². The van der Waals surface area contributed by atoms with Gasteiger partial charge in [-0.25, -0.2) is 18.8 Å². The van der Waals surface area contributed by atoms with Crippen LogP contribution in [0.5, 0.6) is 0 Å². The number of carbonyl (C=O) groups is 2. The van der Waals surface area contributed by atoms with E-state index in [-0.39, 0.29) is 35.8 Å². The van der Waals surface area contributed by atoms with Gasteiger partial charge >= 0.3 is 17.9 Å². The quantitative estimate of drug-likeness (QED) is 0.604. The fourth-order valence-electron chi connectivity index (χ4n) is 3.62. The molecule has 1 aromatic carbocycles. The lowest BCUT2D eigenvalue weighted by Gasteiger charge is -2.30. The van der Waals surface area contributed by atoms with Crippen molar-refractivity contribution in [1.29, 1.82) is 0 Å². The summed E-state index contributed by atoms with van der Waals surface area (Å²) in [6, 6.07) is 5.45. The monoisotopic (exact) mass is 475 g/mol. The summed E-state index contributed by atoms with van der Waals surface area (Å²) in [6.07, 6.45) is 3.03. The zero-order valence-electron chi connectivity index (χ0n) is 19.5. The maximum atomic E-state index is 14.5. The Morgan fingerprint density at radius 2 is 1.74 bits per heavy atom. The SMILES string of the molecule is CC(C)(C)OC(=O)NC1CCC(NC(=O)OCc2ccc(-n3ccc(N)nc3=O)cc2F)CC1. The molecule has 0 spiro atoms. The Morgan fingerprint density at radius 1 is 1.12 bits per heavy atom. The van der Waals surface area contributed by atoms with E-state index in [4.69, 9.17) is 15.2 Å². The molecule has 1 saturated carbocycles. The number of nitrogens with one attached hydrogen (secondary N) is 2. The third-order valence-corrected chi connectivity index (χ3v) is 5.27. The van der Waals surface area contributed by atoms with Crippen molar-refractivity contribution in [1.82, 2.24) is 20.2 Å². The summed E-state index contributed by atoms with van der Waals surface area (Å²) in [5.41, 5.74) is 4.73. The van der Waals surface area contributed by atoms with Crippen LogP contribution in [-0.2, 0) is 16.1 Å². The number of ether oxygens (including phenoxy) is 2. The molecule has 184 valence electrons. The molecule has 34 heavy (non-hydrogen) atoms. The van der Waals surface area contributed by atoms with Gasteiger partial charge in [-0.05, 0) is 64.7 Å². The van der Waals surface area contributed by atoms with Gasteiger partial charge in [0.2, 0.25) is 0 Å². The molecular formula is C23H30FN5O5. The van der Waals surface area contributed by atoms with Crippen LogP contribution in [0.25, 0.3) is 5.69 Å². The molecule has 2 amide bonds. The van der Waals surface area contributed by atoms with Gasteiger partial charge < -0.3 is 25.8 Å². The number of carbonyl (C=O) groups excluding carboxylic acids is 2. The van der Waals surface area contributed by atoms with Crippen molar-refractivity contribution >= 4 is 18.0 Å². The van der Waals surface area contributed by atoms with Gasteiger partial charge in [0.25, 0.3) is 0 Å². The summed E-state index contributed by atoms with van der Waals surface area (Å²) in [4.78, 5) is 39.6. The van der Waals surface area contributed by atoms with Crippen molar-refractivity contribution in [2.24, 2.45) is 0 Å². The van der Waals surface area contributed by atoms with Crippen LogP contribution in [0.4, 0.5) is 19.8 Å². The molecule has 3 rings (SSSR count). The van der Waals surface area contributed by atoms with Crippen LogP contribution >= 0.6 is 0 Å². The van der Waals surface area contributed by atoms with E-state index in [2.05, 4.69) is 15.6 Å². The third-order valence-electron chi connectivity index (χ3n) is 5.27. The van der Waals surface area contributed by atoms with E-state index in [9.17, 15) is 18.8 Å². The average Bonchev–Trinajstić information content (AvgIpc) is 2.73. The number of aromatic nitrogens is 2. The molecule has 10 nitrogen and oxygen atoms in total. The Labute approximate surface area is 196 Å². The molecule has 1 aliphatic carbocycles. The average molecular weight is 476 g/mol. The predicted octanol–water partition coefficient (Wildman–Crippen LogP) is 3.02. The van der Waals surface area contributed by atoms with Crippen LogP contribution in [0, 0.1) is 5.82 Å². The molecular weight excluding hydrogens is 445 g/mol. The Balaban J connectivity index is 1.45. The normalized spacial score (nSPS) is 18.1. The minimum absolute atomic E-state index is 0.0136. The zero-order chi connectivity index (χ0) is 24.9. The summed E-state index contributed by atoms with van der Waals surface area (Å²) in [5, 5.41) is 5.62. The summed E-state index contributed by atoms with van der Waals surface area (Å²) in [5.74, 6) is -0.548. The zero-order valence-corrected chi connectivity index (χ0v) is 19.5. The van der Waals surface area contributed by atoms with Crippen LogP contribution in [0.15, 0.2) is 35.3 Å². The molecule has 1 aliphatic rings. The highest BCUT2D eigenvalue weighted by molar-refractivity contribution is 5.68. The molecule has 1 heterocycles. The number of hydrogen-bond donors (Lipinski definition) is 3. The van der Waals surface area contributed by atoms with Gasteiger partial charge in [0.05, 0.1) is 5.69 Å². The number of nitrogens with two attached hydrogens (primary N) is 1. The minimum Gasteiger partial charge on any atom is -0.445 e. The van der Waals surface area contributed by atoms with E-state index >= 15 is 0 Å². The number of nitrogen functional groups attached to an aromatic ring is 1. The molecule has 4 N–H and O–H groups in total. The number of amides is 2. The highest BCUT2D eigenvalue weighted by Crippen LogP contribution is 2.20. The molecule has 11 heteroatoms. The van der Waals surface area contributed by atoms with Gasteiger partial charge in [0.1, 0.15) is 23.8 Å². The summed E-state index contributed by atoms with van der Waals surface area (Å²) in [6.45, 7) is 5.15. The molecule has 0 aliphatic heterocycles. The second kappa shape index (κ2) is 10.5. The summed E-state index contributed by atoms with van der Waals surface area (Å²) in [7, 11) is 0. The fourth-order valence-corrected chi connectivity index (χ4v) is 3.62. The van der Waals surface area contributed by atoms with Crippen molar-refractivity contribution in [3.63, 3.8) is 0 Å². The molecule has 0 bridgehead atoms. The topological polar surface area (TPSA) is 138 Å². The lowest BCUT2D eigenvalue weighted by Crippen LogP contribution is -2.45. The first-order valence-electron chi connectivity index (χ1n) is 11.1. The maximum Gasteiger partial charge on any atom is 0.407 e. The van der Waals surface area contributed by atoms with Gasteiger partial charge in [-0.1, -0.05) is 6.07 Å². The van der Waals surface area contributed by atoms with E-state index in [1.54, 1.807) is 20.8 Å². The van der Waals surface area contributed by atoms with Crippen LogP contribution < -0.4 is 22.1 Å². The second-order valence-corrected chi connectivity index (χ2v) is 9.20. The molecule has 0 unspecified atom stereocenters. The van der Waals surface area contributed by atoms with Gasteiger partial charge in [-0.2, -0.15) is 4.98 Å². The Hall–Kier alpha value is -3.63. The lowest BCUT2D eigenvalue weighted by molar-refractivity contribution is 0.0488. The smallest absolute Gasteiger partial charge is 0.407 e. The predicted molar refractivity (Wildman–Crippen MR) is 123 cm³/mol.